The summed E-state index contributed by atoms with van der Waals surface area (Å²) < 4.78 is 44.3. The van der Waals surface area contributed by atoms with Crippen molar-refractivity contribution < 1.29 is 18.0 Å². The number of nitriles is 1. The minimum absolute atomic E-state index is 0.187. The van der Waals surface area contributed by atoms with Crippen LogP contribution in [0.4, 0.5) is 24.8 Å². The second-order valence-corrected chi connectivity index (χ2v) is 11.3. The number of nitrogens with one attached hydrogen (secondary N) is 1. The number of alkyl halides is 3. The SMILES string of the molecule is N#CCC1(n2cc(-c3cccc4nc(Nc5cnn(C6CC6)c5)nn34)cn2)CCN(C(=O)c2ccc(C(F)(F)F)cc2)CC1. The summed E-state index contributed by atoms with van der Waals surface area (Å²) >= 11 is 0. The Bertz CT molecular complexity index is 1870. The molecule has 0 unspecified atom stereocenters. The fraction of sp³-hybridized carbons (Fsp3) is 0.333. The molecule has 1 aromatic carbocycles. The number of hydrogen-bond acceptors (Lipinski definition) is 7. The first-order chi connectivity index (χ1) is 21.2. The Hall–Kier alpha value is -5.19. The van der Waals surface area contributed by atoms with Crippen LogP contribution in [0.5, 0.6) is 0 Å². The third-order valence-electron chi connectivity index (χ3n) is 8.35. The molecule has 224 valence electrons. The van der Waals surface area contributed by atoms with Crippen molar-refractivity contribution in [3.63, 3.8) is 0 Å². The van der Waals surface area contributed by atoms with Gasteiger partial charge in [0.15, 0.2) is 5.65 Å². The molecule has 14 heteroatoms. The van der Waals surface area contributed by atoms with Crippen molar-refractivity contribution in [2.45, 2.75) is 49.9 Å². The lowest BCUT2D eigenvalue weighted by atomic mass is 9.84. The summed E-state index contributed by atoms with van der Waals surface area (Å²) in [6.07, 6.45) is 6.23. The molecule has 1 saturated carbocycles. The largest absolute Gasteiger partial charge is 0.416 e. The maximum absolute atomic E-state index is 13.1. The van der Waals surface area contributed by atoms with Crippen molar-refractivity contribution in [1.29, 1.82) is 5.26 Å². The zero-order valence-electron chi connectivity index (χ0n) is 23.4. The average Bonchev–Trinajstić information content (AvgIpc) is 3.38. The number of pyridine rings is 1. The number of amides is 1. The normalized spacial score (nSPS) is 16.6. The molecule has 0 atom stereocenters. The summed E-state index contributed by atoms with van der Waals surface area (Å²) in [7, 11) is 0. The fourth-order valence-corrected chi connectivity index (χ4v) is 5.71. The van der Waals surface area contributed by atoms with Crippen LogP contribution in [-0.2, 0) is 11.7 Å². The van der Waals surface area contributed by atoms with Gasteiger partial charge in [-0.05, 0) is 62.1 Å². The lowest BCUT2D eigenvalue weighted by molar-refractivity contribution is -0.137. The lowest BCUT2D eigenvalue weighted by Crippen LogP contribution is -2.48. The third-order valence-corrected chi connectivity index (χ3v) is 8.35. The number of halogens is 3. The lowest BCUT2D eigenvalue weighted by Gasteiger charge is -2.40. The molecule has 2 fully saturated rings. The number of carbonyl (C=O) groups is 1. The first-order valence-electron chi connectivity index (χ1n) is 14.3. The van der Waals surface area contributed by atoms with E-state index in [1.54, 1.807) is 26.5 Å². The second-order valence-electron chi connectivity index (χ2n) is 11.3. The van der Waals surface area contributed by atoms with E-state index in [1.165, 1.54) is 12.1 Å². The van der Waals surface area contributed by atoms with Crippen LogP contribution in [0, 0.1) is 11.3 Å². The highest BCUT2D eigenvalue weighted by molar-refractivity contribution is 5.94. The van der Waals surface area contributed by atoms with Gasteiger partial charge in [0, 0.05) is 36.6 Å². The number of nitrogens with zero attached hydrogens (tertiary/aromatic N) is 9. The highest BCUT2D eigenvalue weighted by Gasteiger charge is 2.39. The molecular weight excluding hydrogens is 573 g/mol. The molecule has 1 aliphatic carbocycles. The van der Waals surface area contributed by atoms with E-state index in [9.17, 15) is 23.2 Å². The molecule has 1 aliphatic heterocycles. The topological polar surface area (TPSA) is 122 Å². The number of hydrogen-bond donors (Lipinski definition) is 1. The predicted octanol–water partition coefficient (Wildman–Crippen LogP) is 5.43. The first-order valence-corrected chi connectivity index (χ1v) is 14.3. The molecule has 44 heavy (non-hydrogen) atoms. The van der Waals surface area contributed by atoms with Crippen LogP contribution in [-0.4, -0.2) is 58.1 Å². The van der Waals surface area contributed by atoms with Crippen molar-refractivity contribution in [2.75, 3.05) is 18.4 Å². The molecule has 1 amide bonds. The number of fused-ring (bicyclic) bond motifs is 1. The van der Waals surface area contributed by atoms with Gasteiger partial charge in [0.05, 0.1) is 53.4 Å². The summed E-state index contributed by atoms with van der Waals surface area (Å²) in [5.41, 5.74) is 1.76. The van der Waals surface area contributed by atoms with Crippen LogP contribution < -0.4 is 5.32 Å². The first kappa shape index (κ1) is 27.6. The van der Waals surface area contributed by atoms with Crippen LogP contribution in [0.15, 0.2) is 67.3 Å². The fourth-order valence-electron chi connectivity index (χ4n) is 5.71. The number of rotatable bonds is 7. The van der Waals surface area contributed by atoms with Gasteiger partial charge < -0.3 is 10.2 Å². The van der Waals surface area contributed by atoms with E-state index in [-0.39, 0.29) is 17.9 Å². The van der Waals surface area contributed by atoms with E-state index in [1.807, 2.05) is 35.3 Å². The van der Waals surface area contributed by atoms with E-state index in [4.69, 9.17) is 0 Å². The molecule has 2 aliphatic rings. The van der Waals surface area contributed by atoms with Gasteiger partial charge in [-0.2, -0.15) is 33.6 Å². The molecule has 11 nitrogen and oxygen atoms in total. The van der Waals surface area contributed by atoms with Crippen molar-refractivity contribution in [1.82, 2.24) is 39.1 Å². The number of benzene rings is 1. The molecule has 1 N–H and O–H groups in total. The monoisotopic (exact) mass is 600 g/mol. The van der Waals surface area contributed by atoms with E-state index in [2.05, 4.69) is 31.7 Å². The third kappa shape index (κ3) is 5.14. The zero-order chi connectivity index (χ0) is 30.5. The van der Waals surface area contributed by atoms with E-state index < -0.39 is 17.3 Å². The Morgan fingerprint density at radius 1 is 1.05 bits per heavy atom. The molecule has 5 heterocycles. The Kier molecular flexibility index (Phi) is 6.60. The zero-order valence-corrected chi connectivity index (χ0v) is 23.4. The van der Waals surface area contributed by atoms with Gasteiger partial charge in [0.2, 0.25) is 5.95 Å². The molecule has 0 radical (unpaired) electrons. The van der Waals surface area contributed by atoms with E-state index >= 15 is 0 Å². The highest BCUT2D eigenvalue weighted by atomic mass is 19.4. The maximum Gasteiger partial charge on any atom is 0.416 e. The molecule has 4 aromatic heterocycles. The predicted molar refractivity (Wildman–Crippen MR) is 153 cm³/mol. The molecule has 0 bridgehead atoms. The minimum atomic E-state index is -4.47. The minimum Gasteiger partial charge on any atom is -0.338 e. The van der Waals surface area contributed by atoms with Crippen molar-refractivity contribution in [3.05, 3.63) is 78.4 Å². The molecular formula is C30H27F3N10O. The second kappa shape index (κ2) is 10.5. The van der Waals surface area contributed by atoms with Crippen LogP contribution in [0.2, 0.25) is 0 Å². The van der Waals surface area contributed by atoms with Gasteiger partial charge in [0.25, 0.3) is 5.91 Å². The summed E-state index contributed by atoms with van der Waals surface area (Å²) in [6, 6.07) is 12.7. The Morgan fingerprint density at radius 2 is 1.82 bits per heavy atom. The van der Waals surface area contributed by atoms with Gasteiger partial charge in [-0.25, -0.2) is 4.52 Å². The van der Waals surface area contributed by atoms with E-state index in [0.29, 0.717) is 43.6 Å². The Balaban J connectivity index is 1.09. The average molecular weight is 601 g/mol. The van der Waals surface area contributed by atoms with Crippen LogP contribution in [0.3, 0.4) is 0 Å². The van der Waals surface area contributed by atoms with Crippen molar-refractivity contribution in [2.24, 2.45) is 0 Å². The summed E-state index contributed by atoms with van der Waals surface area (Å²) in [4.78, 5) is 19.3. The Morgan fingerprint density at radius 3 is 2.52 bits per heavy atom. The number of anilines is 2. The van der Waals surface area contributed by atoms with Gasteiger partial charge in [0.1, 0.15) is 0 Å². The maximum atomic E-state index is 13.1. The van der Waals surface area contributed by atoms with E-state index in [0.717, 1.165) is 41.9 Å². The van der Waals surface area contributed by atoms with Gasteiger partial charge in [-0.15, -0.1) is 5.10 Å². The molecule has 5 aromatic rings. The number of carbonyl (C=O) groups excluding carboxylic acids is 1. The number of piperidine rings is 1. The summed E-state index contributed by atoms with van der Waals surface area (Å²) in [5.74, 6) is 0.0961. The van der Waals surface area contributed by atoms with Crippen LogP contribution in [0.25, 0.3) is 16.9 Å². The van der Waals surface area contributed by atoms with Gasteiger partial charge in [-0.3, -0.25) is 14.2 Å². The molecule has 0 spiro atoms. The van der Waals surface area contributed by atoms with Gasteiger partial charge in [-0.1, -0.05) is 6.07 Å². The molecule has 7 rings (SSSR count). The smallest absolute Gasteiger partial charge is 0.338 e. The summed E-state index contributed by atoms with van der Waals surface area (Å²) in [6.45, 7) is 0.670. The van der Waals surface area contributed by atoms with Gasteiger partial charge >= 0.3 is 6.18 Å². The van der Waals surface area contributed by atoms with Crippen molar-refractivity contribution in [3.8, 4) is 17.3 Å². The van der Waals surface area contributed by atoms with Crippen LogP contribution in [0.1, 0.15) is 54.1 Å². The standard InChI is InChI=1S/C30H27F3N10O/c31-30(32,33)22-6-4-20(5-7-22)27(44)40-14-11-29(10-13-34,12-15-40)42-18-21(16-36-42)25-2-1-3-26-38-28(39-43(25)26)37-23-17-35-41(19-23)24-8-9-24/h1-7,16-19,24H,8-12,14-15H2,(H,37,39). The Labute approximate surface area is 249 Å². The highest BCUT2D eigenvalue weighted by Crippen LogP contribution is 2.36. The number of aromatic nitrogens is 7. The number of likely N-dealkylation sites (tertiary alicyclic amines) is 1. The van der Waals surface area contributed by atoms with Crippen molar-refractivity contribution >= 4 is 23.2 Å². The molecule has 1 saturated heterocycles. The quantitative estimate of drug-likeness (QED) is 0.264. The summed E-state index contributed by atoms with van der Waals surface area (Å²) in [5, 5.41) is 26.7. The van der Waals surface area contributed by atoms with Crippen LogP contribution >= 0.6 is 0 Å².